The van der Waals surface area contributed by atoms with Gasteiger partial charge in [0.2, 0.25) is 0 Å². The molecule has 0 aliphatic heterocycles. The van der Waals surface area contributed by atoms with Crippen molar-refractivity contribution < 1.29 is 9.13 Å². The van der Waals surface area contributed by atoms with Crippen molar-refractivity contribution >= 4 is 0 Å². The first kappa shape index (κ1) is 13.6. The molecule has 0 aromatic heterocycles. The van der Waals surface area contributed by atoms with Gasteiger partial charge in [0.1, 0.15) is 18.2 Å². The second kappa shape index (κ2) is 5.85. The Morgan fingerprint density at radius 1 is 1.16 bits per heavy atom. The fourth-order valence-electron chi connectivity index (χ4n) is 2.07. The summed E-state index contributed by atoms with van der Waals surface area (Å²) < 4.78 is 18.5. The third-order valence-corrected chi connectivity index (χ3v) is 3.05. The lowest BCUT2D eigenvalue weighted by Crippen LogP contribution is -2.20. The van der Waals surface area contributed by atoms with Crippen LogP contribution in [0, 0.1) is 19.7 Å². The van der Waals surface area contributed by atoms with E-state index in [1.165, 1.54) is 17.7 Å². The Balaban J connectivity index is 2.03. The molecule has 3 heteroatoms. The lowest BCUT2D eigenvalue weighted by atomic mass is 10.0. The van der Waals surface area contributed by atoms with Crippen LogP contribution in [0.2, 0.25) is 0 Å². The lowest BCUT2D eigenvalue weighted by molar-refractivity contribution is 0.289. The minimum absolute atomic E-state index is 0.219. The lowest BCUT2D eigenvalue weighted by Gasteiger charge is -2.16. The SMILES string of the molecule is Cc1ccc(C(N)COc2cccc(F)c2)c(C)c1. The van der Waals surface area contributed by atoms with Crippen molar-refractivity contribution in [1.29, 1.82) is 0 Å². The standard InChI is InChI=1S/C16H18FNO/c1-11-6-7-15(12(2)8-11)16(18)10-19-14-5-3-4-13(17)9-14/h3-9,16H,10,18H2,1-2H3. The van der Waals surface area contributed by atoms with Gasteiger partial charge in [-0.05, 0) is 37.1 Å². The zero-order valence-electron chi connectivity index (χ0n) is 11.2. The normalized spacial score (nSPS) is 12.2. The minimum Gasteiger partial charge on any atom is -0.492 e. The summed E-state index contributed by atoms with van der Waals surface area (Å²) in [5, 5.41) is 0. The number of rotatable bonds is 4. The predicted octanol–water partition coefficient (Wildman–Crippen LogP) is 3.52. The van der Waals surface area contributed by atoms with Crippen LogP contribution in [0.3, 0.4) is 0 Å². The van der Waals surface area contributed by atoms with E-state index in [0.29, 0.717) is 12.4 Å². The molecule has 0 saturated carbocycles. The van der Waals surface area contributed by atoms with Gasteiger partial charge in [-0.1, -0.05) is 29.8 Å². The highest BCUT2D eigenvalue weighted by Gasteiger charge is 2.10. The van der Waals surface area contributed by atoms with E-state index in [9.17, 15) is 4.39 Å². The maximum absolute atomic E-state index is 13.0. The second-order valence-corrected chi connectivity index (χ2v) is 4.73. The quantitative estimate of drug-likeness (QED) is 0.911. The molecule has 2 aromatic rings. The van der Waals surface area contributed by atoms with E-state index in [1.54, 1.807) is 12.1 Å². The number of aryl methyl sites for hydroxylation is 2. The summed E-state index contributed by atoms with van der Waals surface area (Å²) in [6, 6.07) is 12.0. The zero-order chi connectivity index (χ0) is 13.8. The second-order valence-electron chi connectivity index (χ2n) is 4.73. The van der Waals surface area contributed by atoms with Crippen LogP contribution in [0.5, 0.6) is 5.75 Å². The Kier molecular flexibility index (Phi) is 4.17. The molecule has 19 heavy (non-hydrogen) atoms. The van der Waals surface area contributed by atoms with Crippen LogP contribution >= 0.6 is 0 Å². The van der Waals surface area contributed by atoms with Crippen LogP contribution < -0.4 is 10.5 Å². The van der Waals surface area contributed by atoms with Crippen LogP contribution in [0.1, 0.15) is 22.7 Å². The summed E-state index contributed by atoms with van der Waals surface area (Å²) in [6.45, 7) is 4.41. The Morgan fingerprint density at radius 2 is 1.95 bits per heavy atom. The van der Waals surface area contributed by atoms with Gasteiger partial charge >= 0.3 is 0 Å². The molecule has 0 amide bonds. The van der Waals surface area contributed by atoms with E-state index in [4.69, 9.17) is 10.5 Å². The van der Waals surface area contributed by atoms with E-state index in [-0.39, 0.29) is 11.9 Å². The van der Waals surface area contributed by atoms with Crippen molar-refractivity contribution in [3.63, 3.8) is 0 Å². The molecule has 2 N–H and O–H groups in total. The average molecular weight is 259 g/mol. The number of hydrogen-bond donors (Lipinski definition) is 1. The van der Waals surface area contributed by atoms with Crippen molar-refractivity contribution in [2.45, 2.75) is 19.9 Å². The molecule has 1 unspecified atom stereocenters. The molecule has 0 aliphatic carbocycles. The monoisotopic (exact) mass is 259 g/mol. The topological polar surface area (TPSA) is 35.2 Å². The number of hydrogen-bond acceptors (Lipinski definition) is 2. The Labute approximate surface area is 113 Å². The van der Waals surface area contributed by atoms with E-state index in [2.05, 4.69) is 6.07 Å². The highest BCUT2D eigenvalue weighted by molar-refractivity contribution is 5.33. The summed E-state index contributed by atoms with van der Waals surface area (Å²) in [4.78, 5) is 0. The molecule has 0 heterocycles. The van der Waals surface area contributed by atoms with E-state index in [1.807, 2.05) is 26.0 Å². The molecule has 2 rings (SSSR count). The third kappa shape index (κ3) is 3.55. The van der Waals surface area contributed by atoms with Crippen LogP contribution in [0.15, 0.2) is 42.5 Å². The van der Waals surface area contributed by atoms with E-state index < -0.39 is 0 Å². The zero-order valence-corrected chi connectivity index (χ0v) is 11.2. The number of benzene rings is 2. The van der Waals surface area contributed by atoms with Crippen LogP contribution in [-0.4, -0.2) is 6.61 Å². The molecule has 0 radical (unpaired) electrons. The molecule has 0 saturated heterocycles. The first-order chi connectivity index (χ1) is 9.06. The smallest absolute Gasteiger partial charge is 0.126 e. The van der Waals surface area contributed by atoms with Gasteiger partial charge < -0.3 is 10.5 Å². The van der Waals surface area contributed by atoms with Crippen molar-refractivity contribution in [3.05, 3.63) is 65.0 Å². The Morgan fingerprint density at radius 3 is 2.63 bits per heavy atom. The van der Waals surface area contributed by atoms with Crippen LogP contribution in [0.25, 0.3) is 0 Å². The van der Waals surface area contributed by atoms with Crippen molar-refractivity contribution in [3.8, 4) is 5.75 Å². The van der Waals surface area contributed by atoms with Gasteiger partial charge in [-0.3, -0.25) is 0 Å². The van der Waals surface area contributed by atoms with E-state index in [0.717, 1.165) is 11.1 Å². The summed E-state index contributed by atoms with van der Waals surface area (Å²) >= 11 is 0. The van der Waals surface area contributed by atoms with Gasteiger partial charge in [0.25, 0.3) is 0 Å². The minimum atomic E-state index is -0.308. The average Bonchev–Trinajstić information content (AvgIpc) is 2.36. The van der Waals surface area contributed by atoms with Gasteiger partial charge in [-0.2, -0.15) is 0 Å². The highest BCUT2D eigenvalue weighted by atomic mass is 19.1. The van der Waals surface area contributed by atoms with Gasteiger partial charge in [-0.15, -0.1) is 0 Å². The molecular weight excluding hydrogens is 241 g/mol. The first-order valence-electron chi connectivity index (χ1n) is 6.27. The Hall–Kier alpha value is -1.87. The summed E-state index contributed by atoms with van der Waals surface area (Å²) in [7, 11) is 0. The van der Waals surface area contributed by atoms with Crippen molar-refractivity contribution in [2.75, 3.05) is 6.61 Å². The number of nitrogens with two attached hydrogens (primary N) is 1. The first-order valence-corrected chi connectivity index (χ1v) is 6.27. The fraction of sp³-hybridized carbons (Fsp3) is 0.250. The van der Waals surface area contributed by atoms with E-state index >= 15 is 0 Å². The summed E-state index contributed by atoms with van der Waals surface area (Å²) in [5.74, 6) is 0.192. The van der Waals surface area contributed by atoms with Gasteiger partial charge in [0, 0.05) is 6.07 Å². The fourth-order valence-corrected chi connectivity index (χ4v) is 2.07. The highest BCUT2D eigenvalue weighted by Crippen LogP contribution is 2.19. The molecule has 0 aliphatic rings. The van der Waals surface area contributed by atoms with Gasteiger partial charge in [-0.25, -0.2) is 4.39 Å². The Bertz CT molecular complexity index is 568. The van der Waals surface area contributed by atoms with Crippen molar-refractivity contribution in [2.24, 2.45) is 5.73 Å². The number of halogens is 1. The van der Waals surface area contributed by atoms with Crippen molar-refractivity contribution in [1.82, 2.24) is 0 Å². The van der Waals surface area contributed by atoms with Crippen LogP contribution in [-0.2, 0) is 0 Å². The maximum Gasteiger partial charge on any atom is 0.126 e. The molecule has 0 bridgehead atoms. The molecule has 2 nitrogen and oxygen atoms in total. The molecule has 100 valence electrons. The third-order valence-electron chi connectivity index (χ3n) is 3.05. The molecule has 2 aromatic carbocycles. The number of ether oxygens (including phenoxy) is 1. The molecule has 0 fully saturated rings. The molecule has 1 atom stereocenters. The molecular formula is C16H18FNO. The largest absolute Gasteiger partial charge is 0.492 e. The maximum atomic E-state index is 13.0. The molecule has 0 spiro atoms. The van der Waals surface area contributed by atoms with Gasteiger partial charge in [0.05, 0.1) is 6.04 Å². The summed E-state index contributed by atoms with van der Waals surface area (Å²) in [6.07, 6.45) is 0. The summed E-state index contributed by atoms with van der Waals surface area (Å²) in [5.41, 5.74) is 9.53. The predicted molar refractivity (Wildman–Crippen MR) is 74.7 cm³/mol. The van der Waals surface area contributed by atoms with Gasteiger partial charge in [0.15, 0.2) is 0 Å². The van der Waals surface area contributed by atoms with Crippen LogP contribution in [0.4, 0.5) is 4.39 Å².